The fourth-order valence-corrected chi connectivity index (χ4v) is 3.15. The van der Waals surface area contributed by atoms with E-state index in [0.717, 1.165) is 19.3 Å². The summed E-state index contributed by atoms with van der Waals surface area (Å²) in [5.41, 5.74) is 15.2. The Morgan fingerprint density at radius 3 is 3.11 bits per heavy atom. The minimum atomic E-state index is -0.418. The number of aliphatic hydroxyl groups excluding tert-OH is 1. The number of unbranched alkanes of at least 4 members (excludes halogenated alkanes) is 2. The van der Waals surface area contributed by atoms with Crippen molar-refractivity contribution in [2.24, 2.45) is 5.11 Å². The van der Waals surface area contributed by atoms with Crippen molar-refractivity contribution in [2.45, 2.75) is 44.1 Å². The minimum Gasteiger partial charge on any atom is -0.394 e. The second-order valence-corrected chi connectivity index (χ2v) is 6.42. The molecule has 0 amide bonds. The number of hydrogen-bond donors (Lipinski definition) is 2. The zero-order valence-electron chi connectivity index (χ0n) is 15.5. The molecule has 0 saturated carbocycles. The summed E-state index contributed by atoms with van der Waals surface area (Å²) in [4.78, 5) is 15.1. The molecule has 28 heavy (non-hydrogen) atoms. The van der Waals surface area contributed by atoms with Crippen LogP contribution in [-0.4, -0.2) is 56.6 Å². The molecule has 0 radical (unpaired) electrons. The van der Waals surface area contributed by atoms with Gasteiger partial charge in [0.1, 0.15) is 24.2 Å². The number of aliphatic hydroxyl groups is 1. The van der Waals surface area contributed by atoms with Crippen molar-refractivity contribution in [1.82, 2.24) is 19.5 Å². The predicted molar refractivity (Wildman–Crippen MR) is 102 cm³/mol. The van der Waals surface area contributed by atoms with E-state index in [-0.39, 0.29) is 18.9 Å². The van der Waals surface area contributed by atoms with Gasteiger partial charge in [0.15, 0.2) is 11.5 Å². The monoisotopic (exact) mass is 388 g/mol. The Labute approximate surface area is 161 Å². The van der Waals surface area contributed by atoms with Gasteiger partial charge < -0.3 is 20.3 Å². The number of nitrogens with zero attached hydrogens (tertiary/aromatic N) is 7. The van der Waals surface area contributed by atoms with Gasteiger partial charge in [0, 0.05) is 17.9 Å². The van der Waals surface area contributed by atoms with Crippen LogP contribution in [0.25, 0.3) is 21.6 Å². The van der Waals surface area contributed by atoms with Gasteiger partial charge in [-0.25, -0.2) is 15.0 Å². The summed E-state index contributed by atoms with van der Waals surface area (Å²) in [7, 11) is 0. The first kappa shape index (κ1) is 20.0. The van der Waals surface area contributed by atoms with E-state index in [1.807, 2.05) is 12.2 Å². The van der Waals surface area contributed by atoms with Crippen LogP contribution < -0.4 is 5.73 Å². The average Bonchev–Trinajstić information content (AvgIpc) is 3.31. The molecule has 1 aliphatic rings. The second kappa shape index (κ2) is 10.00. The molecule has 3 heterocycles. The van der Waals surface area contributed by atoms with E-state index in [4.69, 9.17) is 20.7 Å². The van der Waals surface area contributed by atoms with Gasteiger partial charge in [0.05, 0.1) is 25.6 Å². The third-order valence-corrected chi connectivity index (χ3v) is 4.57. The predicted octanol–water partition coefficient (Wildman–Crippen LogP) is 2.11. The van der Waals surface area contributed by atoms with Crippen molar-refractivity contribution >= 4 is 17.0 Å². The van der Waals surface area contributed by atoms with Crippen molar-refractivity contribution in [3.8, 4) is 0 Å². The molecule has 3 atom stereocenters. The van der Waals surface area contributed by atoms with Crippen molar-refractivity contribution in [2.75, 3.05) is 25.5 Å². The summed E-state index contributed by atoms with van der Waals surface area (Å²) >= 11 is 0. The van der Waals surface area contributed by atoms with Gasteiger partial charge in [-0.3, -0.25) is 4.57 Å². The molecule has 11 nitrogen and oxygen atoms in total. The van der Waals surface area contributed by atoms with Gasteiger partial charge >= 0.3 is 0 Å². The Balaban J connectivity index is 1.51. The molecule has 0 aromatic carbocycles. The number of nitrogen functional groups attached to an aromatic ring is 1. The van der Waals surface area contributed by atoms with Gasteiger partial charge in [0.2, 0.25) is 0 Å². The molecule has 0 spiro atoms. The largest absolute Gasteiger partial charge is 0.394 e. The average molecular weight is 388 g/mol. The first-order chi connectivity index (χ1) is 13.7. The SMILES string of the molecule is [N-]=[N+]=NCCCC/C=C/CO[C@H]1C[C@H](n2cnc3c(N)ncnc32)O[C@@H]1CO. The number of aromatic nitrogens is 4. The summed E-state index contributed by atoms with van der Waals surface area (Å²) in [6.45, 7) is 0.834. The molecule has 3 rings (SSSR count). The van der Waals surface area contributed by atoms with Crippen molar-refractivity contribution in [3.05, 3.63) is 35.2 Å². The maximum atomic E-state index is 9.62. The van der Waals surface area contributed by atoms with E-state index in [1.165, 1.54) is 6.33 Å². The van der Waals surface area contributed by atoms with Crippen LogP contribution in [0.5, 0.6) is 0 Å². The summed E-state index contributed by atoms with van der Waals surface area (Å²) < 4.78 is 13.6. The van der Waals surface area contributed by atoms with Crippen LogP contribution >= 0.6 is 0 Å². The van der Waals surface area contributed by atoms with Gasteiger partial charge in [-0.2, -0.15) is 0 Å². The van der Waals surface area contributed by atoms with Gasteiger partial charge in [-0.1, -0.05) is 17.3 Å². The molecule has 3 N–H and O–H groups in total. The molecule has 0 unspecified atom stereocenters. The van der Waals surface area contributed by atoms with E-state index in [1.54, 1.807) is 10.9 Å². The fourth-order valence-electron chi connectivity index (χ4n) is 3.15. The molecule has 1 aliphatic heterocycles. The zero-order valence-corrected chi connectivity index (χ0v) is 15.5. The Kier molecular flexibility index (Phi) is 7.15. The van der Waals surface area contributed by atoms with Crippen molar-refractivity contribution < 1.29 is 14.6 Å². The molecule has 150 valence electrons. The lowest BCUT2D eigenvalue weighted by atomic mass is 10.2. The Bertz CT molecular complexity index is 848. The fraction of sp³-hybridized carbons (Fsp3) is 0.588. The molecule has 0 bridgehead atoms. The Hall–Kier alpha value is -2.72. The second-order valence-electron chi connectivity index (χ2n) is 6.42. The van der Waals surface area contributed by atoms with Crippen LogP contribution in [-0.2, 0) is 9.47 Å². The number of fused-ring (bicyclic) bond motifs is 1. The molecule has 0 aliphatic carbocycles. The van der Waals surface area contributed by atoms with E-state index < -0.39 is 6.10 Å². The maximum absolute atomic E-state index is 9.62. The third-order valence-electron chi connectivity index (χ3n) is 4.57. The van der Waals surface area contributed by atoms with Gasteiger partial charge in [0.25, 0.3) is 0 Å². The lowest BCUT2D eigenvalue weighted by Gasteiger charge is -2.15. The van der Waals surface area contributed by atoms with E-state index in [9.17, 15) is 5.11 Å². The van der Waals surface area contributed by atoms with Crippen LogP contribution in [0.3, 0.4) is 0 Å². The van der Waals surface area contributed by atoms with Crippen molar-refractivity contribution in [3.63, 3.8) is 0 Å². The lowest BCUT2D eigenvalue weighted by molar-refractivity contribution is -0.0562. The number of allylic oxidation sites excluding steroid dienone is 1. The number of hydrogen-bond acceptors (Lipinski definition) is 8. The Morgan fingerprint density at radius 2 is 2.29 bits per heavy atom. The summed E-state index contributed by atoms with van der Waals surface area (Å²) in [5, 5.41) is 13.1. The molecule has 1 saturated heterocycles. The number of nitrogens with two attached hydrogens (primary N) is 1. The minimum absolute atomic E-state index is 0.131. The van der Waals surface area contributed by atoms with Crippen LogP contribution in [0.4, 0.5) is 5.82 Å². The molecule has 2 aromatic rings. The van der Waals surface area contributed by atoms with Crippen LogP contribution in [0.2, 0.25) is 0 Å². The quantitative estimate of drug-likeness (QED) is 0.207. The van der Waals surface area contributed by atoms with Crippen LogP contribution in [0.15, 0.2) is 29.9 Å². The molecule has 2 aromatic heterocycles. The summed E-state index contributed by atoms with van der Waals surface area (Å²) in [6.07, 6.45) is 9.31. The molecule has 1 fully saturated rings. The van der Waals surface area contributed by atoms with E-state index in [2.05, 4.69) is 25.0 Å². The van der Waals surface area contributed by atoms with Crippen LogP contribution in [0.1, 0.15) is 31.9 Å². The maximum Gasteiger partial charge on any atom is 0.167 e. The first-order valence-electron chi connectivity index (χ1n) is 9.21. The Morgan fingerprint density at radius 1 is 1.39 bits per heavy atom. The standard InChI is InChI=1S/C17H24N8O3/c18-16-15-17(21-10-20-16)25(11-22-15)14-8-12(13(9-26)28-14)27-7-5-3-1-2-4-6-23-24-19/h3,5,10-14,26H,1-2,4,6-9H2,(H2,18,20,21)/b5-3+/t12-,13+,14+/m0/s1. The summed E-state index contributed by atoms with van der Waals surface area (Å²) in [5.74, 6) is 0.317. The highest BCUT2D eigenvalue weighted by Crippen LogP contribution is 2.32. The third kappa shape index (κ3) is 4.76. The number of imidazole rings is 1. The molecular weight excluding hydrogens is 364 g/mol. The normalized spacial score (nSPS) is 22.1. The number of rotatable bonds is 10. The molecule has 11 heteroatoms. The zero-order chi connectivity index (χ0) is 19.8. The first-order valence-corrected chi connectivity index (χ1v) is 9.21. The molecular formula is C17H24N8O3. The number of anilines is 1. The van der Waals surface area contributed by atoms with Crippen molar-refractivity contribution in [1.29, 1.82) is 0 Å². The topological polar surface area (TPSA) is 157 Å². The highest BCUT2D eigenvalue weighted by Gasteiger charge is 2.37. The lowest BCUT2D eigenvalue weighted by Crippen LogP contribution is -2.27. The number of ether oxygens (including phenoxy) is 2. The highest BCUT2D eigenvalue weighted by atomic mass is 16.6. The highest BCUT2D eigenvalue weighted by molar-refractivity contribution is 5.81. The van der Waals surface area contributed by atoms with E-state index >= 15 is 0 Å². The van der Waals surface area contributed by atoms with Gasteiger partial charge in [-0.15, -0.1) is 0 Å². The van der Waals surface area contributed by atoms with Crippen LogP contribution in [0, 0.1) is 0 Å². The van der Waals surface area contributed by atoms with E-state index in [0.29, 0.717) is 36.6 Å². The smallest absolute Gasteiger partial charge is 0.167 e. The van der Waals surface area contributed by atoms with Gasteiger partial charge in [-0.05, 0) is 24.8 Å². The number of azide groups is 1. The summed E-state index contributed by atoms with van der Waals surface area (Å²) in [6, 6.07) is 0.